The van der Waals surface area contributed by atoms with Gasteiger partial charge in [-0.05, 0) is 57.2 Å². The molecule has 3 unspecified atom stereocenters. The maximum atomic E-state index is 5.46. The molecule has 3 saturated heterocycles. The van der Waals surface area contributed by atoms with Crippen LogP contribution in [0.2, 0.25) is 0 Å². The van der Waals surface area contributed by atoms with E-state index in [4.69, 9.17) is 28.4 Å². The molecule has 6 rings (SSSR count). The summed E-state index contributed by atoms with van der Waals surface area (Å²) in [6, 6.07) is 24.2. The number of epoxide rings is 3. The Bertz CT molecular complexity index is 915. The molecule has 6 heteroatoms. The first-order valence-corrected chi connectivity index (χ1v) is 15.3. The summed E-state index contributed by atoms with van der Waals surface area (Å²) in [7, 11) is 0. The van der Waals surface area contributed by atoms with Crippen molar-refractivity contribution in [1.82, 2.24) is 0 Å². The molecule has 232 valence electrons. The standard InChI is InChI=1S/3C10H12O2.2C3H8/c3*1-8-2-4-9(5-3-8)11-6-10-7-12-10;2*1-3-2/h3*2-5,10H,6-7H2,1H3;2*3H2,1-2H3. The van der Waals surface area contributed by atoms with Gasteiger partial charge in [0.05, 0.1) is 19.8 Å². The molecule has 0 aromatic heterocycles. The van der Waals surface area contributed by atoms with E-state index in [1.165, 1.54) is 29.5 Å². The number of hydrogen-bond acceptors (Lipinski definition) is 6. The van der Waals surface area contributed by atoms with E-state index in [1.54, 1.807) is 0 Å². The lowest BCUT2D eigenvalue weighted by atomic mass is 10.2. The molecule has 3 aromatic rings. The summed E-state index contributed by atoms with van der Waals surface area (Å²) in [6.45, 7) is 19.3. The van der Waals surface area contributed by atoms with E-state index in [0.717, 1.165) is 37.1 Å². The van der Waals surface area contributed by atoms with Crippen LogP contribution in [0.25, 0.3) is 0 Å². The first-order chi connectivity index (χ1) is 20.4. The highest BCUT2D eigenvalue weighted by atomic mass is 16.6. The number of rotatable bonds is 9. The molecule has 0 amide bonds. The van der Waals surface area contributed by atoms with E-state index >= 15 is 0 Å². The van der Waals surface area contributed by atoms with Crippen molar-refractivity contribution in [2.75, 3.05) is 39.6 Å². The van der Waals surface area contributed by atoms with Gasteiger partial charge in [0.2, 0.25) is 0 Å². The van der Waals surface area contributed by atoms with Crippen molar-refractivity contribution in [2.45, 2.75) is 79.6 Å². The predicted molar refractivity (Wildman–Crippen MR) is 171 cm³/mol. The van der Waals surface area contributed by atoms with Gasteiger partial charge < -0.3 is 28.4 Å². The number of ether oxygens (including phenoxy) is 6. The van der Waals surface area contributed by atoms with E-state index in [2.05, 4.69) is 48.5 Å². The SMILES string of the molecule is CCC.CCC.Cc1ccc(OCC2CO2)cc1.Cc1ccc(OCC2CO2)cc1.Cc1ccc(OCC2CO2)cc1. The van der Waals surface area contributed by atoms with Crippen molar-refractivity contribution in [3.05, 3.63) is 89.5 Å². The normalized spacial score (nSPS) is 18.5. The van der Waals surface area contributed by atoms with Gasteiger partial charge in [0.1, 0.15) is 55.4 Å². The fourth-order valence-corrected chi connectivity index (χ4v) is 2.96. The van der Waals surface area contributed by atoms with Crippen molar-refractivity contribution < 1.29 is 28.4 Å². The molecule has 3 aliphatic rings. The third kappa shape index (κ3) is 18.4. The quantitative estimate of drug-likeness (QED) is 0.238. The first kappa shape index (κ1) is 35.1. The van der Waals surface area contributed by atoms with Crippen LogP contribution in [-0.2, 0) is 14.2 Å². The molecule has 0 saturated carbocycles. The van der Waals surface area contributed by atoms with Crippen molar-refractivity contribution in [2.24, 2.45) is 0 Å². The molecule has 0 N–H and O–H groups in total. The van der Waals surface area contributed by atoms with E-state index in [0.29, 0.717) is 38.1 Å². The minimum absolute atomic E-state index is 0.339. The summed E-state index contributed by atoms with van der Waals surface area (Å²) in [5.74, 6) is 2.78. The summed E-state index contributed by atoms with van der Waals surface area (Å²) in [6.07, 6.45) is 3.52. The maximum absolute atomic E-state index is 5.46. The summed E-state index contributed by atoms with van der Waals surface area (Å²) in [5.41, 5.74) is 3.76. The smallest absolute Gasteiger partial charge is 0.119 e. The molecule has 0 radical (unpaired) electrons. The Balaban J connectivity index is 0.000000201. The Labute approximate surface area is 254 Å². The minimum atomic E-state index is 0.339. The van der Waals surface area contributed by atoms with Gasteiger partial charge in [-0.25, -0.2) is 0 Å². The van der Waals surface area contributed by atoms with E-state index in [9.17, 15) is 0 Å². The molecule has 3 aliphatic heterocycles. The lowest BCUT2D eigenvalue weighted by Crippen LogP contribution is -2.03. The number of aryl methyl sites for hydroxylation is 3. The molecule has 3 heterocycles. The zero-order valence-electron chi connectivity index (χ0n) is 26.8. The van der Waals surface area contributed by atoms with Gasteiger partial charge in [-0.15, -0.1) is 0 Å². The summed E-state index contributed by atoms with van der Waals surface area (Å²) in [5, 5.41) is 0. The fourth-order valence-electron chi connectivity index (χ4n) is 2.96. The van der Waals surface area contributed by atoms with Crippen molar-refractivity contribution in [3.63, 3.8) is 0 Å². The van der Waals surface area contributed by atoms with Gasteiger partial charge in [-0.1, -0.05) is 93.6 Å². The second kappa shape index (κ2) is 20.8. The summed E-state index contributed by atoms with van der Waals surface area (Å²) < 4.78 is 31.5. The van der Waals surface area contributed by atoms with Crippen molar-refractivity contribution >= 4 is 0 Å². The van der Waals surface area contributed by atoms with E-state index < -0.39 is 0 Å². The van der Waals surface area contributed by atoms with E-state index in [1.807, 2.05) is 72.8 Å². The highest BCUT2D eigenvalue weighted by molar-refractivity contribution is 5.27. The monoisotopic (exact) mass is 580 g/mol. The van der Waals surface area contributed by atoms with Crippen LogP contribution < -0.4 is 14.2 Å². The zero-order valence-corrected chi connectivity index (χ0v) is 26.8. The predicted octanol–water partition coefficient (Wildman–Crippen LogP) is 8.15. The average molecular weight is 581 g/mol. The molecular weight excluding hydrogens is 528 g/mol. The molecule has 0 bridgehead atoms. The van der Waals surface area contributed by atoms with Crippen LogP contribution >= 0.6 is 0 Å². The Morgan fingerprint density at radius 3 is 0.810 bits per heavy atom. The fraction of sp³-hybridized carbons (Fsp3) is 0.500. The van der Waals surface area contributed by atoms with Crippen LogP contribution in [0.15, 0.2) is 72.8 Å². The highest BCUT2D eigenvalue weighted by Crippen LogP contribution is 2.17. The topological polar surface area (TPSA) is 65.3 Å². The van der Waals surface area contributed by atoms with Gasteiger partial charge in [-0.3, -0.25) is 0 Å². The Morgan fingerprint density at radius 2 is 0.643 bits per heavy atom. The minimum Gasteiger partial charge on any atom is -0.491 e. The molecule has 3 atom stereocenters. The summed E-state index contributed by atoms with van der Waals surface area (Å²) in [4.78, 5) is 0. The largest absolute Gasteiger partial charge is 0.491 e. The van der Waals surface area contributed by atoms with E-state index in [-0.39, 0.29) is 0 Å². The Kier molecular flexibility index (Phi) is 17.4. The number of benzene rings is 3. The molecule has 0 spiro atoms. The van der Waals surface area contributed by atoms with Gasteiger partial charge >= 0.3 is 0 Å². The zero-order chi connectivity index (χ0) is 30.6. The van der Waals surface area contributed by atoms with Gasteiger partial charge in [0.15, 0.2) is 0 Å². The Hall–Kier alpha value is -3.06. The third-order valence-electron chi connectivity index (χ3n) is 5.58. The van der Waals surface area contributed by atoms with Crippen molar-refractivity contribution in [3.8, 4) is 17.2 Å². The highest BCUT2D eigenvalue weighted by Gasteiger charge is 2.24. The van der Waals surface area contributed by atoms with Crippen LogP contribution in [-0.4, -0.2) is 58.0 Å². The Morgan fingerprint density at radius 1 is 0.452 bits per heavy atom. The van der Waals surface area contributed by atoms with Gasteiger partial charge in [0, 0.05) is 0 Å². The molecule has 3 aromatic carbocycles. The lowest BCUT2D eigenvalue weighted by Gasteiger charge is -2.03. The van der Waals surface area contributed by atoms with Crippen LogP contribution in [0.5, 0.6) is 17.2 Å². The van der Waals surface area contributed by atoms with Crippen LogP contribution in [0.4, 0.5) is 0 Å². The maximum Gasteiger partial charge on any atom is 0.119 e. The molecule has 42 heavy (non-hydrogen) atoms. The van der Waals surface area contributed by atoms with Crippen LogP contribution in [0.1, 0.15) is 57.2 Å². The number of hydrogen-bond donors (Lipinski definition) is 0. The first-order valence-electron chi connectivity index (χ1n) is 15.3. The summed E-state index contributed by atoms with van der Waals surface area (Å²) >= 11 is 0. The molecule has 6 nitrogen and oxygen atoms in total. The lowest BCUT2D eigenvalue weighted by molar-refractivity contribution is 0.263. The molecule has 3 fully saturated rings. The molecular formula is C36H52O6. The van der Waals surface area contributed by atoms with Crippen molar-refractivity contribution in [1.29, 1.82) is 0 Å². The van der Waals surface area contributed by atoms with Crippen LogP contribution in [0.3, 0.4) is 0 Å². The second-order valence-corrected chi connectivity index (χ2v) is 10.7. The van der Waals surface area contributed by atoms with Crippen LogP contribution in [0, 0.1) is 20.8 Å². The third-order valence-corrected chi connectivity index (χ3v) is 5.58. The molecule has 0 aliphatic carbocycles. The van der Waals surface area contributed by atoms with Gasteiger partial charge in [0.25, 0.3) is 0 Å². The van der Waals surface area contributed by atoms with Gasteiger partial charge in [-0.2, -0.15) is 0 Å². The average Bonchev–Trinajstić information content (AvgIpc) is 3.82. The second-order valence-electron chi connectivity index (χ2n) is 10.7.